The zero-order chi connectivity index (χ0) is 58.2. The van der Waals surface area contributed by atoms with Crippen LogP contribution in [0.2, 0.25) is 0 Å². The van der Waals surface area contributed by atoms with E-state index in [0.29, 0.717) is 57.6 Å². The van der Waals surface area contributed by atoms with Crippen LogP contribution in [0.5, 0.6) is 0 Å². The number of nitrogens with one attached hydrogen (secondary N) is 3. The monoisotopic (exact) mass is 1130 g/mol. The number of carboxylic acids is 1. The van der Waals surface area contributed by atoms with Crippen molar-refractivity contribution in [1.29, 1.82) is 0 Å². The number of amides is 1. The van der Waals surface area contributed by atoms with Gasteiger partial charge >= 0.3 is 12.1 Å². The van der Waals surface area contributed by atoms with Crippen LogP contribution in [0.1, 0.15) is 120 Å². The SMILES string of the molecule is CC(C)(C)c1cnc(C(=O)O)s1.COCCn1cc(Nc2nccc(-c3ccc(CCC(=O)c4cnc(C(C)(C)C)s4)c(C)c3)n2)cn1.COCCn1cc(Nc2nccc(-c3ccc(CNC(=O)OC(C)(C)C)c(C)c3)n2)cn1. The molecule has 22 heteroatoms. The predicted octanol–water partition coefficient (Wildman–Crippen LogP) is 11.8. The molecule has 0 saturated heterocycles. The predicted molar refractivity (Wildman–Crippen MR) is 313 cm³/mol. The van der Waals surface area contributed by atoms with Crippen LogP contribution in [0.4, 0.5) is 28.1 Å². The second-order valence-corrected chi connectivity index (χ2v) is 23.7. The molecule has 424 valence electrons. The lowest BCUT2D eigenvalue weighted by Gasteiger charge is -2.20. The van der Waals surface area contributed by atoms with Gasteiger partial charge in [0, 0.05) is 85.8 Å². The number of Topliss-reactive ketones (excluding diaryl/α,β-unsaturated/α-hetero) is 1. The molecule has 0 bridgehead atoms. The number of methoxy groups -OCH3 is 2. The van der Waals surface area contributed by atoms with Gasteiger partial charge in [0.25, 0.3) is 0 Å². The molecule has 1 amide bonds. The fourth-order valence-electron chi connectivity index (χ4n) is 7.40. The maximum absolute atomic E-state index is 12.7. The molecule has 0 aliphatic rings. The summed E-state index contributed by atoms with van der Waals surface area (Å²) in [6, 6.07) is 16.0. The average Bonchev–Trinajstić information content (AvgIpc) is 4.28. The molecule has 80 heavy (non-hydrogen) atoms. The Labute approximate surface area is 475 Å². The maximum Gasteiger partial charge on any atom is 0.407 e. The lowest BCUT2D eigenvalue weighted by molar-refractivity contribution is 0.0522. The highest BCUT2D eigenvalue weighted by atomic mass is 32.1. The normalized spacial score (nSPS) is 11.5. The quantitative estimate of drug-likeness (QED) is 0.0550. The van der Waals surface area contributed by atoms with Gasteiger partial charge in [-0.05, 0) is 93.0 Å². The van der Waals surface area contributed by atoms with Crippen LogP contribution in [0.3, 0.4) is 0 Å². The lowest BCUT2D eigenvalue weighted by Crippen LogP contribution is -2.32. The van der Waals surface area contributed by atoms with E-state index in [1.165, 1.54) is 22.7 Å². The molecule has 0 radical (unpaired) electrons. The molecule has 8 aromatic rings. The molecule has 8 rings (SSSR count). The Balaban J connectivity index is 0.000000215. The minimum absolute atomic E-state index is 0.00856. The van der Waals surface area contributed by atoms with Gasteiger partial charge in [0.1, 0.15) is 5.60 Å². The number of ether oxygens (including phenoxy) is 3. The Bertz CT molecular complexity index is 3330. The van der Waals surface area contributed by atoms with Crippen molar-refractivity contribution in [3.05, 3.63) is 140 Å². The highest BCUT2D eigenvalue weighted by Crippen LogP contribution is 2.30. The number of nitrogens with zero attached hydrogens (tertiary/aromatic N) is 10. The van der Waals surface area contributed by atoms with E-state index in [4.69, 9.17) is 19.3 Å². The molecule has 6 heterocycles. The van der Waals surface area contributed by atoms with E-state index in [1.54, 1.807) is 60.8 Å². The number of carboxylic acid groups (broad SMARTS) is 1. The largest absolute Gasteiger partial charge is 0.476 e. The molecule has 2 aromatic carbocycles. The van der Waals surface area contributed by atoms with Crippen LogP contribution in [0, 0.1) is 13.8 Å². The Morgan fingerprint density at radius 2 is 1.19 bits per heavy atom. The summed E-state index contributed by atoms with van der Waals surface area (Å²) in [7, 11) is 3.33. The van der Waals surface area contributed by atoms with E-state index in [1.807, 2.05) is 97.3 Å². The Morgan fingerprint density at radius 1 is 0.650 bits per heavy atom. The second-order valence-electron chi connectivity index (χ2n) is 21.7. The molecule has 0 aliphatic heterocycles. The number of thiazole rings is 2. The zero-order valence-corrected chi connectivity index (χ0v) is 49.5. The Hall–Kier alpha value is -7.79. The van der Waals surface area contributed by atoms with Gasteiger partial charge in [-0.3, -0.25) is 14.2 Å². The topological polar surface area (TPSA) is 248 Å². The van der Waals surface area contributed by atoms with Crippen molar-refractivity contribution in [2.45, 2.75) is 125 Å². The van der Waals surface area contributed by atoms with Crippen molar-refractivity contribution in [3.63, 3.8) is 0 Å². The van der Waals surface area contributed by atoms with Crippen molar-refractivity contribution in [3.8, 4) is 22.5 Å². The van der Waals surface area contributed by atoms with E-state index in [2.05, 4.69) is 95.9 Å². The van der Waals surface area contributed by atoms with E-state index >= 15 is 0 Å². The van der Waals surface area contributed by atoms with Gasteiger partial charge in [-0.1, -0.05) is 65.8 Å². The molecule has 0 atom stereocenters. The third kappa shape index (κ3) is 19.0. The maximum atomic E-state index is 12.7. The Kier molecular flexibility index (Phi) is 21.4. The molecular formula is C58H73N13O7S2. The van der Waals surface area contributed by atoms with E-state index in [0.717, 1.165) is 70.9 Å². The number of carbonyl (C=O) groups is 3. The lowest BCUT2D eigenvalue weighted by atomic mass is 9.96. The number of carbonyl (C=O) groups excluding carboxylic acids is 2. The third-order valence-electron chi connectivity index (χ3n) is 11.7. The van der Waals surface area contributed by atoms with Crippen LogP contribution in [0.15, 0.2) is 98.1 Å². The van der Waals surface area contributed by atoms with Crippen molar-refractivity contribution in [1.82, 2.24) is 54.8 Å². The summed E-state index contributed by atoms with van der Waals surface area (Å²) in [5.74, 6) is 0.187. The van der Waals surface area contributed by atoms with Crippen LogP contribution in [-0.4, -0.2) is 105 Å². The van der Waals surface area contributed by atoms with Crippen LogP contribution in [-0.2, 0) is 51.1 Å². The molecule has 6 aromatic heterocycles. The van der Waals surface area contributed by atoms with Crippen molar-refractivity contribution < 1.29 is 33.7 Å². The fourth-order valence-corrected chi connectivity index (χ4v) is 9.15. The molecule has 20 nitrogen and oxygen atoms in total. The van der Waals surface area contributed by atoms with Crippen molar-refractivity contribution in [2.24, 2.45) is 0 Å². The smallest absolute Gasteiger partial charge is 0.407 e. The van der Waals surface area contributed by atoms with Crippen LogP contribution >= 0.6 is 22.7 Å². The standard InChI is InChI=1S/C27H32N6O2S.C23H30N6O3.C8H11NO2S/c1-18-14-20(7-6-19(18)8-9-23(34)24-16-29-25(36-24)27(2,3)4)22-10-11-28-26(32-22)31-21-15-30-33(17-21)12-13-35-5;1-16-12-17(6-7-18(16)13-25-22(30)32-23(2,3)4)20-8-9-24-21(28-20)27-19-14-26-29(15-19)10-11-31-5;1-8(2,3)5-4-9-6(12-5)7(10)11/h6-7,10-11,14-17H,8-9,12-13H2,1-5H3,(H,28,31,32);6-9,12,14-15H,10-11,13H2,1-5H3,(H,25,30)(H,24,27,28);4H,1-3H3,(H,10,11). The van der Waals surface area contributed by atoms with E-state index < -0.39 is 17.7 Å². The number of benzene rings is 2. The van der Waals surface area contributed by atoms with Gasteiger partial charge < -0.3 is 35.3 Å². The first-order chi connectivity index (χ1) is 37.9. The van der Waals surface area contributed by atoms with Gasteiger partial charge in [0.15, 0.2) is 5.78 Å². The number of aromatic carboxylic acids is 1. The first-order valence-corrected chi connectivity index (χ1v) is 27.6. The van der Waals surface area contributed by atoms with Gasteiger partial charge in [0.2, 0.25) is 16.9 Å². The number of aryl methyl sites for hydroxylation is 3. The highest BCUT2D eigenvalue weighted by molar-refractivity contribution is 7.14. The number of rotatable bonds is 19. The average molecular weight is 1130 g/mol. The van der Waals surface area contributed by atoms with E-state index in [9.17, 15) is 14.4 Å². The molecular weight excluding hydrogens is 1050 g/mol. The minimum atomic E-state index is -0.949. The van der Waals surface area contributed by atoms with E-state index in [-0.39, 0.29) is 21.6 Å². The molecule has 0 aliphatic carbocycles. The summed E-state index contributed by atoms with van der Waals surface area (Å²) in [5.41, 5.74) is 8.97. The number of aromatic nitrogens is 10. The van der Waals surface area contributed by atoms with Crippen molar-refractivity contribution in [2.75, 3.05) is 38.1 Å². The molecule has 0 unspecified atom stereocenters. The highest BCUT2D eigenvalue weighted by Gasteiger charge is 2.22. The molecule has 0 fully saturated rings. The minimum Gasteiger partial charge on any atom is -0.476 e. The summed E-state index contributed by atoms with van der Waals surface area (Å²) in [4.78, 5) is 63.0. The van der Waals surface area contributed by atoms with Gasteiger partial charge in [-0.25, -0.2) is 39.5 Å². The number of hydrogen-bond donors (Lipinski definition) is 4. The van der Waals surface area contributed by atoms with Crippen molar-refractivity contribution >= 4 is 63.8 Å². The van der Waals surface area contributed by atoms with Crippen LogP contribution < -0.4 is 16.0 Å². The third-order valence-corrected chi connectivity index (χ3v) is 14.6. The molecule has 4 N–H and O–H groups in total. The number of hydrogen-bond acceptors (Lipinski definition) is 18. The summed E-state index contributed by atoms with van der Waals surface area (Å²) in [6.07, 6.45) is 14.8. The fraction of sp³-hybridized carbons (Fsp3) is 0.397. The van der Waals surface area contributed by atoms with Crippen LogP contribution in [0.25, 0.3) is 22.5 Å². The second kappa shape index (κ2) is 27.9. The zero-order valence-electron chi connectivity index (χ0n) is 47.9. The molecule has 0 spiro atoms. The number of alkyl carbamates (subject to hydrolysis) is 1. The Morgan fingerprint density at radius 3 is 1.62 bits per heavy atom. The van der Waals surface area contributed by atoms with Gasteiger partial charge in [0.05, 0.1) is 71.3 Å². The summed E-state index contributed by atoms with van der Waals surface area (Å²) >= 11 is 2.74. The number of ketones is 1. The summed E-state index contributed by atoms with van der Waals surface area (Å²) in [6.45, 7) is 25.0. The van der Waals surface area contributed by atoms with Gasteiger partial charge in [-0.2, -0.15) is 10.2 Å². The summed E-state index contributed by atoms with van der Waals surface area (Å²) < 4.78 is 19.0. The summed E-state index contributed by atoms with van der Waals surface area (Å²) in [5, 5.41) is 27.5. The first-order valence-electron chi connectivity index (χ1n) is 26.0. The first kappa shape index (κ1) is 61.4. The molecule has 0 saturated carbocycles. The van der Waals surface area contributed by atoms with Gasteiger partial charge in [-0.15, -0.1) is 22.7 Å². The number of anilines is 4.